The third-order valence-corrected chi connectivity index (χ3v) is 3.69. The lowest BCUT2D eigenvalue weighted by Gasteiger charge is -2.04. The van der Waals surface area contributed by atoms with Gasteiger partial charge in [-0.3, -0.25) is 0 Å². The Morgan fingerprint density at radius 1 is 1.06 bits per heavy atom. The number of hydrogen-bond acceptors (Lipinski definition) is 2. The van der Waals surface area contributed by atoms with Crippen LogP contribution in [0.5, 0.6) is 0 Å². The molecule has 2 aromatic rings. The second kappa shape index (κ2) is 5.59. The minimum absolute atomic E-state index is 0.467. The van der Waals surface area contributed by atoms with Crippen molar-refractivity contribution in [3.05, 3.63) is 58.6 Å². The Bertz CT molecular complexity index is 555. The largest absolute Gasteiger partial charge is 0.398 e. The second-order valence-electron chi connectivity index (χ2n) is 3.75. The first-order valence-electron chi connectivity index (χ1n) is 5.17. The Morgan fingerprint density at radius 2 is 1.72 bits per heavy atom. The minimum Gasteiger partial charge on any atom is -0.398 e. The molecule has 0 aliphatic carbocycles. The topological polar surface area (TPSA) is 26.0 Å². The van der Waals surface area contributed by atoms with E-state index in [1.54, 1.807) is 12.1 Å². The fourth-order valence-electron chi connectivity index (χ4n) is 1.46. The molecule has 0 heterocycles. The van der Waals surface area contributed by atoms with Gasteiger partial charge in [0.25, 0.3) is 0 Å². The molecule has 0 bridgehead atoms. The van der Waals surface area contributed by atoms with Crippen molar-refractivity contribution in [2.24, 2.45) is 0 Å². The van der Waals surface area contributed by atoms with Gasteiger partial charge in [-0.2, -0.15) is 0 Å². The van der Waals surface area contributed by atoms with Crippen LogP contribution in [0.3, 0.4) is 0 Å². The van der Waals surface area contributed by atoms with E-state index in [1.807, 2.05) is 6.07 Å². The first-order chi connectivity index (χ1) is 8.54. The van der Waals surface area contributed by atoms with Gasteiger partial charge in [0.15, 0.2) is 0 Å². The number of thioether (sulfide) groups is 1. The summed E-state index contributed by atoms with van der Waals surface area (Å²) in [7, 11) is 0. The van der Waals surface area contributed by atoms with Crippen molar-refractivity contribution in [2.75, 3.05) is 5.73 Å². The van der Waals surface area contributed by atoms with Crippen molar-refractivity contribution in [1.29, 1.82) is 0 Å². The summed E-state index contributed by atoms with van der Waals surface area (Å²) in [5, 5.41) is 0.477. The molecule has 0 amide bonds. The molecule has 0 atom stereocenters. The fourth-order valence-corrected chi connectivity index (χ4v) is 2.57. The van der Waals surface area contributed by atoms with Gasteiger partial charge in [-0.25, -0.2) is 8.78 Å². The quantitative estimate of drug-likeness (QED) is 0.664. The monoisotopic (exact) mass is 285 g/mol. The van der Waals surface area contributed by atoms with Crippen LogP contribution in [0.2, 0.25) is 5.02 Å². The Kier molecular flexibility index (Phi) is 4.09. The Morgan fingerprint density at radius 3 is 2.33 bits per heavy atom. The SMILES string of the molecule is Nc1ccc(SCc2cc(F)cc(F)c2)cc1Cl. The van der Waals surface area contributed by atoms with Crippen LogP contribution in [0, 0.1) is 11.6 Å². The minimum atomic E-state index is -0.569. The van der Waals surface area contributed by atoms with E-state index in [-0.39, 0.29) is 0 Å². The van der Waals surface area contributed by atoms with E-state index in [9.17, 15) is 8.78 Å². The normalized spacial score (nSPS) is 10.6. The number of hydrogen-bond donors (Lipinski definition) is 1. The molecule has 0 unspecified atom stereocenters. The van der Waals surface area contributed by atoms with Gasteiger partial charge in [-0.05, 0) is 35.9 Å². The summed E-state index contributed by atoms with van der Waals surface area (Å²) in [5.41, 5.74) is 6.70. The lowest BCUT2D eigenvalue weighted by Crippen LogP contribution is -1.88. The second-order valence-corrected chi connectivity index (χ2v) is 5.21. The van der Waals surface area contributed by atoms with Gasteiger partial charge in [0.1, 0.15) is 11.6 Å². The average molecular weight is 286 g/mol. The maximum absolute atomic E-state index is 13.0. The van der Waals surface area contributed by atoms with E-state index in [4.69, 9.17) is 17.3 Å². The lowest BCUT2D eigenvalue weighted by molar-refractivity contribution is 0.581. The van der Waals surface area contributed by atoms with Crippen LogP contribution in [-0.2, 0) is 5.75 Å². The van der Waals surface area contributed by atoms with Crippen molar-refractivity contribution in [1.82, 2.24) is 0 Å². The van der Waals surface area contributed by atoms with Crippen LogP contribution >= 0.6 is 23.4 Å². The molecule has 2 N–H and O–H groups in total. The maximum Gasteiger partial charge on any atom is 0.126 e. The highest BCUT2D eigenvalue weighted by atomic mass is 35.5. The van der Waals surface area contributed by atoms with Gasteiger partial charge in [0.2, 0.25) is 0 Å². The van der Waals surface area contributed by atoms with Gasteiger partial charge in [0.05, 0.1) is 10.7 Å². The molecule has 0 spiro atoms. The van der Waals surface area contributed by atoms with Gasteiger partial charge in [-0.1, -0.05) is 11.6 Å². The first-order valence-corrected chi connectivity index (χ1v) is 6.54. The van der Waals surface area contributed by atoms with Gasteiger partial charge < -0.3 is 5.73 Å². The van der Waals surface area contributed by atoms with Crippen molar-refractivity contribution in [2.45, 2.75) is 10.6 Å². The van der Waals surface area contributed by atoms with Gasteiger partial charge in [0, 0.05) is 16.7 Å². The molecule has 18 heavy (non-hydrogen) atoms. The molecule has 2 aromatic carbocycles. The Labute approximate surface area is 113 Å². The zero-order valence-electron chi connectivity index (χ0n) is 9.29. The average Bonchev–Trinajstić information content (AvgIpc) is 2.29. The molecule has 0 aliphatic heterocycles. The molecule has 2 rings (SSSR count). The third kappa shape index (κ3) is 3.37. The summed E-state index contributed by atoms with van der Waals surface area (Å²) in [5.74, 6) is -0.670. The lowest BCUT2D eigenvalue weighted by atomic mass is 10.2. The molecular weight excluding hydrogens is 276 g/mol. The predicted octanol–water partition coefficient (Wildman–Crippen LogP) is 4.49. The summed E-state index contributed by atoms with van der Waals surface area (Å²) < 4.78 is 26.0. The van der Waals surface area contributed by atoms with Crippen molar-refractivity contribution in [3.8, 4) is 0 Å². The summed E-state index contributed by atoms with van der Waals surface area (Å²) in [6, 6.07) is 8.74. The summed E-state index contributed by atoms with van der Waals surface area (Å²) in [6.07, 6.45) is 0. The van der Waals surface area contributed by atoms with E-state index in [0.29, 0.717) is 22.0 Å². The standard InChI is InChI=1S/C13H10ClF2NS/c14-12-6-11(1-2-13(12)17)18-7-8-3-9(15)5-10(16)4-8/h1-6H,7,17H2. The third-order valence-electron chi connectivity index (χ3n) is 2.30. The van der Waals surface area contributed by atoms with Crippen LogP contribution in [0.1, 0.15) is 5.56 Å². The van der Waals surface area contributed by atoms with Crippen molar-refractivity contribution < 1.29 is 8.78 Å². The highest BCUT2D eigenvalue weighted by molar-refractivity contribution is 7.98. The summed E-state index contributed by atoms with van der Waals surface area (Å²) >= 11 is 7.33. The van der Waals surface area contributed by atoms with E-state index in [2.05, 4.69) is 0 Å². The number of benzene rings is 2. The summed E-state index contributed by atoms with van der Waals surface area (Å²) in [4.78, 5) is 0.902. The molecule has 94 valence electrons. The predicted molar refractivity (Wildman–Crippen MR) is 71.8 cm³/mol. The molecule has 5 heteroatoms. The van der Waals surface area contributed by atoms with Gasteiger partial charge in [-0.15, -0.1) is 11.8 Å². The van der Waals surface area contributed by atoms with Crippen molar-refractivity contribution in [3.63, 3.8) is 0 Å². The number of nitrogen functional groups attached to an aromatic ring is 1. The fraction of sp³-hybridized carbons (Fsp3) is 0.0769. The van der Waals surface area contributed by atoms with E-state index in [1.165, 1.54) is 23.9 Å². The molecule has 0 saturated heterocycles. The molecule has 0 aromatic heterocycles. The van der Waals surface area contributed by atoms with Crippen LogP contribution < -0.4 is 5.73 Å². The zero-order chi connectivity index (χ0) is 13.1. The number of nitrogens with two attached hydrogens (primary N) is 1. The zero-order valence-corrected chi connectivity index (χ0v) is 10.9. The van der Waals surface area contributed by atoms with Crippen LogP contribution in [0.15, 0.2) is 41.3 Å². The number of anilines is 1. The molecule has 0 aliphatic rings. The van der Waals surface area contributed by atoms with E-state index >= 15 is 0 Å². The number of rotatable bonds is 3. The maximum atomic E-state index is 13.0. The molecule has 1 nitrogen and oxygen atoms in total. The number of halogens is 3. The molecule has 0 fully saturated rings. The van der Waals surface area contributed by atoms with Gasteiger partial charge >= 0.3 is 0 Å². The van der Waals surface area contributed by atoms with Crippen LogP contribution in [0.25, 0.3) is 0 Å². The summed E-state index contributed by atoms with van der Waals surface area (Å²) in [6.45, 7) is 0. The van der Waals surface area contributed by atoms with Crippen LogP contribution in [-0.4, -0.2) is 0 Å². The highest BCUT2D eigenvalue weighted by Crippen LogP contribution is 2.28. The highest BCUT2D eigenvalue weighted by Gasteiger charge is 2.03. The first kappa shape index (κ1) is 13.2. The Balaban J connectivity index is 2.08. The van der Waals surface area contributed by atoms with Crippen LogP contribution in [0.4, 0.5) is 14.5 Å². The Hall–Kier alpha value is -1.26. The van der Waals surface area contributed by atoms with Crippen molar-refractivity contribution >= 4 is 29.1 Å². The van der Waals surface area contributed by atoms with E-state index in [0.717, 1.165) is 11.0 Å². The molecule has 0 saturated carbocycles. The molecule has 0 radical (unpaired) electrons. The smallest absolute Gasteiger partial charge is 0.126 e. The van der Waals surface area contributed by atoms with E-state index < -0.39 is 11.6 Å². The molecular formula is C13H10ClF2NS.